The smallest absolute Gasteiger partial charge is 0.0587 e. The van der Waals surface area contributed by atoms with Crippen molar-refractivity contribution in [1.82, 2.24) is 5.32 Å². The Labute approximate surface area is 127 Å². The average molecular weight is 294 g/mol. The Balaban J connectivity index is 1.99. The number of thioether (sulfide) groups is 1. The average Bonchev–Trinajstić information content (AvgIpc) is 2.52. The maximum atomic E-state index is 5.08. The second kappa shape index (κ2) is 8.55. The van der Waals surface area contributed by atoms with E-state index in [0.717, 1.165) is 31.5 Å². The molecule has 112 valence electrons. The summed E-state index contributed by atoms with van der Waals surface area (Å²) >= 11 is 2.12. The molecular weight excluding hydrogens is 268 g/mol. The third-order valence-electron chi connectivity index (χ3n) is 3.72. The maximum absolute atomic E-state index is 5.08. The van der Waals surface area contributed by atoms with Crippen LogP contribution in [0.5, 0.6) is 0 Å². The number of ether oxygens (including phenoxy) is 1. The van der Waals surface area contributed by atoms with Gasteiger partial charge in [0.25, 0.3) is 0 Å². The van der Waals surface area contributed by atoms with Crippen LogP contribution in [0, 0.1) is 0 Å². The Kier molecular flexibility index (Phi) is 6.70. The van der Waals surface area contributed by atoms with Gasteiger partial charge >= 0.3 is 0 Å². The molecule has 1 N–H and O–H groups in total. The highest BCUT2D eigenvalue weighted by molar-refractivity contribution is 8.00. The van der Waals surface area contributed by atoms with E-state index in [1.54, 1.807) is 7.11 Å². The van der Waals surface area contributed by atoms with Crippen LogP contribution in [-0.2, 0) is 11.3 Å². The van der Waals surface area contributed by atoms with Crippen molar-refractivity contribution < 1.29 is 4.74 Å². The van der Waals surface area contributed by atoms with Crippen LogP contribution < -0.4 is 10.2 Å². The summed E-state index contributed by atoms with van der Waals surface area (Å²) in [6, 6.07) is 8.78. The third-order valence-corrected chi connectivity index (χ3v) is 5.10. The fraction of sp³-hybridized carbons (Fsp3) is 0.625. The van der Waals surface area contributed by atoms with Crippen LogP contribution in [0.15, 0.2) is 24.3 Å². The molecule has 1 aromatic rings. The number of benzene rings is 1. The first-order valence-electron chi connectivity index (χ1n) is 7.49. The van der Waals surface area contributed by atoms with Gasteiger partial charge in [-0.1, -0.05) is 25.1 Å². The van der Waals surface area contributed by atoms with Gasteiger partial charge in [-0.15, -0.1) is 0 Å². The fourth-order valence-electron chi connectivity index (χ4n) is 2.55. The van der Waals surface area contributed by atoms with Gasteiger partial charge in [-0.05, 0) is 18.1 Å². The number of nitrogens with zero attached hydrogens (tertiary/aromatic N) is 1. The lowest BCUT2D eigenvalue weighted by atomic mass is 10.1. The first kappa shape index (κ1) is 15.7. The highest BCUT2D eigenvalue weighted by Crippen LogP contribution is 2.28. The number of hydrogen-bond acceptors (Lipinski definition) is 4. The second-order valence-electron chi connectivity index (χ2n) is 5.15. The van der Waals surface area contributed by atoms with Crippen LogP contribution in [0.3, 0.4) is 0 Å². The lowest BCUT2D eigenvalue weighted by molar-refractivity contribution is 0.199. The minimum absolute atomic E-state index is 0.764. The monoisotopic (exact) mass is 294 g/mol. The molecule has 1 aromatic carbocycles. The molecule has 2 rings (SSSR count). The summed E-state index contributed by atoms with van der Waals surface area (Å²) < 4.78 is 5.08. The Morgan fingerprint density at radius 2 is 2.25 bits per heavy atom. The predicted molar refractivity (Wildman–Crippen MR) is 88.8 cm³/mol. The van der Waals surface area contributed by atoms with Crippen LogP contribution in [0.25, 0.3) is 0 Å². The van der Waals surface area contributed by atoms with E-state index in [4.69, 9.17) is 4.74 Å². The standard InChI is InChI=1S/C16H26N2OS/c1-3-15-13-18(9-11-20-15)16-7-5-4-6-14(16)12-17-8-10-19-2/h4-7,15,17H,3,8-13H2,1-2H3. The lowest BCUT2D eigenvalue weighted by Gasteiger charge is -2.35. The van der Waals surface area contributed by atoms with E-state index in [0.29, 0.717) is 0 Å². The molecule has 1 fully saturated rings. The van der Waals surface area contributed by atoms with Gasteiger partial charge < -0.3 is 15.0 Å². The third kappa shape index (κ3) is 4.40. The van der Waals surface area contributed by atoms with Crippen molar-refractivity contribution in [2.45, 2.75) is 25.1 Å². The van der Waals surface area contributed by atoms with Gasteiger partial charge in [-0.25, -0.2) is 0 Å². The number of hydrogen-bond donors (Lipinski definition) is 1. The van der Waals surface area contributed by atoms with Gasteiger partial charge in [0.2, 0.25) is 0 Å². The molecule has 0 amide bonds. The summed E-state index contributed by atoms with van der Waals surface area (Å²) in [5.41, 5.74) is 2.79. The molecule has 0 radical (unpaired) electrons. The molecule has 4 heteroatoms. The Bertz CT molecular complexity index is 400. The molecule has 3 nitrogen and oxygen atoms in total. The zero-order chi connectivity index (χ0) is 14.2. The highest BCUT2D eigenvalue weighted by Gasteiger charge is 2.20. The summed E-state index contributed by atoms with van der Waals surface area (Å²) in [4.78, 5) is 2.55. The SMILES string of the molecule is CCC1CN(c2ccccc2CNCCOC)CCS1. The summed E-state index contributed by atoms with van der Waals surface area (Å²) in [6.45, 7) is 7.21. The first-order valence-corrected chi connectivity index (χ1v) is 8.54. The topological polar surface area (TPSA) is 24.5 Å². The van der Waals surface area contributed by atoms with Crippen molar-refractivity contribution in [1.29, 1.82) is 0 Å². The predicted octanol–water partition coefficient (Wildman–Crippen LogP) is 2.75. The molecule has 20 heavy (non-hydrogen) atoms. The molecule has 0 saturated carbocycles. The Morgan fingerprint density at radius 1 is 1.40 bits per heavy atom. The molecule has 0 spiro atoms. The molecule has 1 aliphatic rings. The fourth-order valence-corrected chi connectivity index (χ4v) is 3.73. The molecule has 1 aliphatic heterocycles. The zero-order valence-electron chi connectivity index (χ0n) is 12.6. The van der Waals surface area contributed by atoms with E-state index in [2.05, 4.69) is 53.2 Å². The molecule has 1 atom stereocenters. The molecule has 1 unspecified atom stereocenters. The van der Waals surface area contributed by atoms with Gasteiger partial charge in [0.1, 0.15) is 0 Å². The molecule has 1 heterocycles. The minimum Gasteiger partial charge on any atom is -0.383 e. The Hall–Kier alpha value is -0.710. The highest BCUT2D eigenvalue weighted by atomic mass is 32.2. The van der Waals surface area contributed by atoms with Gasteiger partial charge in [0.15, 0.2) is 0 Å². The number of methoxy groups -OCH3 is 1. The maximum Gasteiger partial charge on any atom is 0.0587 e. The van der Waals surface area contributed by atoms with Crippen LogP contribution in [0.1, 0.15) is 18.9 Å². The number of anilines is 1. The van der Waals surface area contributed by atoms with Crippen molar-refractivity contribution in [3.63, 3.8) is 0 Å². The van der Waals surface area contributed by atoms with Crippen molar-refractivity contribution in [2.24, 2.45) is 0 Å². The summed E-state index contributed by atoms with van der Waals surface area (Å²) in [6.07, 6.45) is 1.26. The van der Waals surface area contributed by atoms with E-state index in [1.807, 2.05) is 0 Å². The van der Waals surface area contributed by atoms with Gasteiger partial charge in [-0.2, -0.15) is 11.8 Å². The van der Waals surface area contributed by atoms with Crippen molar-refractivity contribution >= 4 is 17.4 Å². The van der Waals surface area contributed by atoms with Gasteiger partial charge in [-0.3, -0.25) is 0 Å². The van der Waals surface area contributed by atoms with E-state index < -0.39 is 0 Å². The van der Waals surface area contributed by atoms with Gasteiger partial charge in [0, 0.05) is 50.0 Å². The van der Waals surface area contributed by atoms with Crippen LogP contribution in [0.2, 0.25) is 0 Å². The van der Waals surface area contributed by atoms with Gasteiger partial charge in [0.05, 0.1) is 6.61 Å². The van der Waals surface area contributed by atoms with Crippen LogP contribution in [0.4, 0.5) is 5.69 Å². The van der Waals surface area contributed by atoms with Crippen molar-refractivity contribution in [2.75, 3.05) is 44.0 Å². The minimum atomic E-state index is 0.764. The second-order valence-corrected chi connectivity index (χ2v) is 6.55. The molecular formula is C16H26N2OS. The molecule has 0 aliphatic carbocycles. The summed E-state index contributed by atoms with van der Waals surface area (Å²) in [5, 5.41) is 4.23. The van der Waals surface area contributed by atoms with Crippen molar-refractivity contribution in [3.8, 4) is 0 Å². The molecule has 1 saturated heterocycles. The summed E-state index contributed by atoms with van der Waals surface area (Å²) in [5.74, 6) is 1.24. The number of para-hydroxylation sites is 1. The molecule has 0 aromatic heterocycles. The quantitative estimate of drug-likeness (QED) is 0.782. The lowest BCUT2D eigenvalue weighted by Crippen LogP contribution is -2.38. The van der Waals surface area contributed by atoms with E-state index in [1.165, 1.54) is 30.0 Å². The first-order chi connectivity index (χ1) is 9.85. The zero-order valence-corrected chi connectivity index (χ0v) is 13.4. The number of rotatable bonds is 7. The number of nitrogens with one attached hydrogen (secondary N) is 1. The van der Waals surface area contributed by atoms with E-state index in [9.17, 15) is 0 Å². The van der Waals surface area contributed by atoms with E-state index in [-0.39, 0.29) is 0 Å². The Morgan fingerprint density at radius 3 is 3.05 bits per heavy atom. The normalized spacial score (nSPS) is 19.3. The van der Waals surface area contributed by atoms with Crippen LogP contribution >= 0.6 is 11.8 Å². The van der Waals surface area contributed by atoms with Crippen molar-refractivity contribution in [3.05, 3.63) is 29.8 Å². The largest absolute Gasteiger partial charge is 0.383 e. The summed E-state index contributed by atoms with van der Waals surface area (Å²) in [7, 11) is 1.74. The molecule has 0 bridgehead atoms. The van der Waals surface area contributed by atoms with E-state index >= 15 is 0 Å². The van der Waals surface area contributed by atoms with Crippen LogP contribution in [-0.4, -0.2) is 44.4 Å².